The zero-order chi connectivity index (χ0) is 20.3. The molecule has 0 saturated carbocycles. The molecule has 3 rings (SSSR count). The maximum atomic E-state index is 14.3. The number of aromatic nitrogens is 6. The first-order valence-electron chi connectivity index (χ1n) is 7.92. The highest BCUT2D eigenvalue weighted by molar-refractivity contribution is 7.88. The van der Waals surface area contributed by atoms with Gasteiger partial charge in [-0.05, 0) is 11.3 Å². The molecule has 3 aromatic rings. The van der Waals surface area contributed by atoms with Gasteiger partial charge in [-0.1, -0.05) is 6.07 Å². The maximum absolute atomic E-state index is 14.3. The van der Waals surface area contributed by atoms with Gasteiger partial charge in [0.1, 0.15) is 11.6 Å². The summed E-state index contributed by atoms with van der Waals surface area (Å²) < 4.78 is 52.1. The van der Waals surface area contributed by atoms with E-state index in [2.05, 4.69) is 35.9 Å². The van der Waals surface area contributed by atoms with Crippen molar-refractivity contribution in [2.45, 2.75) is 6.04 Å². The van der Waals surface area contributed by atoms with Crippen molar-refractivity contribution in [1.29, 1.82) is 0 Å². The van der Waals surface area contributed by atoms with E-state index in [0.717, 1.165) is 22.7 Å². The number of anilines is 1. The number of nitrogens with one attached hydrogen (secondary N) is 2. The van der Waals surface area contributed by atoms with Crippen LogP contribution >= 0.6 is 0 Å². The predicted molar refractivity (Wildman–Crippen MR) is 95.4 cm³/mol. The quantitative estimate of drug-likeness (QED) is 0.590. The minimum absolute atomic E-state index is 0.0720. The molecule has 2 aromatic heterocycles. The Morgan fingerprint density at radius 1 is 1.25 bits per heavy atom. The van der Waals surface area contributed by atoms with Gasteiger partial charge in [0, 0.05) is 37.6 Å². The molecule has 2 N–H and O–H groups in total. The van der Waals surface area contributed by atoms with Crippen LogP contribution in [-0.4, -0.2) is 63.2 Å². The number of hydrogen-bond donors (Lipinski definition) is 2. The molecule has 0 spiro atoms. The largest absolute Gasteiger partial charge is 0.346 e. The van der Waals surface area contributed by atoms with Gasteiger partial charge >= 0.3 is 0 Å². The fourth-order valence-electron chi connectivity index (χ4n) is 2.36. The van der Waals surface area contributed by atoms with E-state index in [0.29, 0.717) is 11.4 Å². The molecule has 148 valence electrons. The first-order chi connectivity index (χ1) is 13.2. The second-order valence-corrected chi connectivity index (χ2v) is 8.03. The zero-order valence-electron chi connectivity index (χ0n) is 14.8. The highest BCUT2D eigenvalue weighted by atomic mass is 32.2. The van der Waals surface area contributed by atoms with Crippen LogP contribution < -0.4 is 5.32 Å². The number of aromatic amines is 1. The average Bonchev–Trinajstić information content (AvgIpc) is 3.15. The number of hydrogen-bond acceptors (Lipinski definition) is 8. The maximum Gasteiger partial charge on any atom is 0.223 e. The number of halogens is 2. The van der Waals surface area contributed by atoms with Crippen molar-refractivity contribution >= 4 is 16.0 Å². The molecule has 13 heteroatoms. The van der Waals surface area contributed by atoms with Crippen molar-refractivity contribution in [3.63, 3.8) is 0 Å². The fraction of sp³-hybridized carbons (Fsp3) is 0.267. The molecule has 2 heterocycles. The highest BCUT2D eigenvalue weighted by Crippen LogP contribution is 2.23. The van der Waals surface area contributed by atoms with Gasteiger partial charge < -0.3 is 5.32 Å². The second-order valence-electron chi connectivity index (χ2n) is 5.94. The van der Waals surface area contributed by atoms with E-state index < -0.39 is 27.7 Å². The van der Waals surface area contributed by atoms with E-state index in [9.17, 15) is 17.2 Å². The molecule has 1 unspecified atom stereocenters. The van der Waals surface area contributed by atoms with Crippen molar-refractivity contribution in [1.82, 2.24) is 34.9 Å². The van der Waals surface area contributed by atoms with E-state index in [4.69, 9.17) is 0 Å². The van der Waals surface area contributed by atoms with Crippen LogP contribution in [0.5, 0.6) is 0 Å². The number of H-pyrrole nitrogens is 1. The van der Waals surface area contributed by atoms with Crippen LogP contribution in [0, 0.1) is 11.6 Å². The number of rotatable bonds is 7. The lowest BCUT2D eigenvalue weighted by Crippen LogP contribution is -2.33. The SMILES string of the molecule is CN(CC(Nc1ncc(-c2nn[nH]n2)cn1)c1ccc(F)cc1F)S(C)(=O)=O. The Morgan fingerprint density at radius 3 is 2.54 bits per heavy atom. The third-order valence-electron chi connectivity index (χ3n) is 3.90. The first kappa shape index (κ1) is 19.7. The molecule has 0 aliphatic heterocycles. The lowest BCUT2D eigenvalue weighted by Gasteiger charge is -2.24. The fourth-order valence-corrected chi connectivity index (χ4v) is 2.78. The Labute approximate surface area is 159 Å². The molecule has 1 atom stereocenters. The summed E-state index contributed by atoms with van der Waals surface area (Å²) in [4.78, 5) is 8.22. The van der Waals surface area contributed by atoms with Crippen LogP contribution in [0.4, 0.5) is 14.7 Å². The molecule has 0 fully saturated rings. The van der Waals surface area contributed by atoms with Crippen molar-refractivity contribution in [2.75, 3.05) is 25.2 Å². The van der Waals surface area contributed by atoms with Gasteiger partial charge in [-0.3, -0.25) is 0 Å². The van der Waals surface area contributed by atoms with Crippen LogP contribution in [0.3, 0.4) is 0 Å². The van der Waals surface area contributed by atoms with Crippen molar-refractivity contribution < 1.29 is 17.2 Å². The van der Waals surface area contributed by atoms with E-state index in [1.54, 1.807) is 0 Å². The Kier molecular flexibility index (Phi) is 5.56. The topological polar surface area (TPSA) is 130 Å². The smallest absolute Gasteiger partial charge is 0.223 e. The standard InChI is InChI=1S/C15H16F2N8O2S/c1-25(28(2,26)27)8-13(11-4-3-10(16)5-12(11)17)20-15-18-6-9(7-19-15)14-21-23-24-22-14/h3-7,13H,8H2,1-2H3,(H,18,19,20)(H,21,22,23,24). The summed E-state index contributed by atoms with van der Waals surface area (Å²) in [6.45, 7) is -0.128. The van der Waals surface area contributed by atoms with E-state index in [-0.39, 0.29) is 18.1 Å². The molecule has 1 aromatic carbocycles. The Morgan fingerprint density at radius 2 is 1.96 bits per heavy atom. The van der Waals surface area contributed by atoms with Crippen LogP contribution in [0.2, 0.25) is 0 Å². The summed E-state index contributed by atoms with van der Waals surface area (Å²) in [5.74, 6) is -1.15. The molecule has 0 aliphatic rings. The number of benzene rings is 1. The lowest BCUT2D eigenvalue weighted by molar-refractivity contribution is 0.445. The summed E-state index contributed by atoms with van der Waals surface area (Å²) in [5, 5.41) is 16.2. The molecule has 10 nitrogen and oxygen atoms in total. The first-order valence-corrected chi connectivity index (χ1v) is 9.77. The summed E-state index contributed by atoms with van der Waals surface area (Å²) in [5.41, 5.74) is 0.569. The molecule has 0 amide bonds. The Bertz CT molecular complexity index is 1040. The summed E-state index contributed by atoms with van der Waals surface area (Å²) in [6.07, 6.45) is 3.89. The Balaban J connectivity index is 1.88. The van der Waals surface area contributed by atoms with Crippen molar-refractivity contribution in [3.05, 3.63) is 47.8 Å². The van der Waals surface area contributed by atoms with Gasteiger partial charge in [0.15, 0.2) is 0 Å². The molecule has 0 bridgehead atoms. The molecule has 28 heavy (non-hydrogen) atoms. The second kappa shape index (κ2) is 7.90. The van der Waals surface area contributed by atoms with E-state index in [1.165, 1.54) is 25.5 Å². The van der Waals surface area contributed by atoms with Gasteiger partial charge in [-0.15, -0.1) is 10.2 Å². The minimum Gasteiger partial charge on any atom is -0.346 e. The van der Waals surface area contributed by atoms with Crippen LogP contribution in [0.15, 0.2) is 30.6 Å². The number of likely N-dealkylation sites (N-methyl/N-ethyl adjacent to an activating group) is 1. The zero-order valence-corrected chi connectivity index (χ0v) is 15.7. The van der Waals surface area contributed by atoms with E-state index >= 15 is 0 Å². The molecular weight excluding hydrogens is 394 g/mol. The lowest BCUT2D eigenvalue weighted by atomic mass is 10.1. The number of sulfonamides is 1. The molecule has 0 aliphatic carbocycles. The van der Waals surface area contributed by atoms with Gasteiger partial charge in [0.05, 0.1) is 17.9 Å². The predicted octanol–water partition coefficient (Wildman–Crippen LogP) is 0.979. The van der Waals surface area contributed by atoms with Crippen molar-refractivity contribution in [2.24, 2.45) is 0 Å². The summed E-state index contributed by atoms with van der Waals surface area (Å²) in [7, 11) is -2.17. The van der Waals surface area contributed by atoms with Gasteiger partial charge in [-0.2, -0.15) is 5.21 Å². The molecular formula is C15H16F2N8O2S. The average molecular weight is 410 g/mol. The molecule has 0 saturated heterocycles. The number of nitrogens with zero attached hydrogens (tertiary/aromatic N) is 6. The highest BCUT2D eigenvalue weighted by Gasteiger charge is 2.23. The van der Waals surface area contributed by atoms with Crippen molar-refractivity contribution in [3.8, 4) is 11.4 Å². The van der Waals surface area contributed by atoms with E-state index in [1.807, 2.05) is 0 Å². The third-order valence-corrected chi connectivity index (χ3v) is 5.18. The van der Waals surface area contributed by atoms with Gasteiger partial charge in [0.2, 0.25) is 21.8 Å². The summed E-state index contributed by atoms with van der Waals surface area (Å²) >= 11 is 0. The Hall–Kier alpha value is -3.06. The number of tetrazole rings is 1. The van der Waals surface area contributed by atoms with Gasteiger partial charge in [0.25, 0.3) is 0 Å². The monoisotopic (exact) mass is 410 g/mol. The normalized spacial score (nSPS) is 12.9. The van der Waals surface area contributed by atoms with Crippen LogP contribution in [0.1, 0.15) is 11.6 Å². The van der Waals surface area contributed by atoms with Gasteiger partial charge in [-0.25, -0.2) is 31.5 Å². The molecule has 0 radical (unpaired) electrons. The minimum atomic E-state index is -3.53. The van der Waals surface area contributed by atoms with Crippen LogP contribution in [0.25, 0.3) is 11.4 Å². The third kappa shape index (κ3) is 4.61. The summed E-state index contributed by atoms with van der Waals surface area (Å²) in [6, 6.07) is 2.20. The van der Waals surface area contributed by atoms with Crippen LogP contribution in [-0.2, 0) is 10.0 Å².